The summed E-state index contributed by atoms with van der Waals surface area (Å²) in [5, 5.41) is 5.03. The molecule has 8 nitrogen and oxygen atoms in total. The minimum atomic E-state index is -4.59. The van der Waals surface area contributed by atoms with Gasteiger partial charge in [0, 0.05) is 11.1 Å². The Morgan fingerprint density at radius 1 is 0.860 bits per heavy atom. The lowest BCUT2D eigenvalue weighted by Gasteiger charge is -2.16. The molecule has 12 heteroatoms. The third-order valence-corrected chi connectivity index (χ3v) is 6.39. The van der Waals surface area contributed by atoms with Crippen molar-refractivity contribution in [1.82, 2.24) is 15.0 Å². The number of anilines is 3. The van der Waals surface area contributed by atoms with E-state index in [1.54, 1.807) is 30.3 Å². The number of amides is 2. The number of nitrogen functional groups attached to an aromatic ring is 1. The third kappa shape index (κ3) is 7.04. The number of carbonyl (C=O) groups excluding carboxylic acids is 1. The van der Waals surface area contributed by atoms with Gasteiger partial charge < -0.3 is 21.1 Å². The molecule has 218 valence electrons. The molecule has 4 N–H and O–H groups in total. The van der Waals surface area contributed by atoms with Gasteiger partial charge in [-0.3, -0.25) is 0 Å². The highest BCUT2D eigenvalue weighted by Gasteiger charge is 2.31. The Morgan fingerprint density at radius 3 is 2.30 bits per heavy atom. The van der Waals surface area contributed by atoms with Crippen LogP contribution in [0.3, 0.4) is 0 Å². The van der Waals surface area contributed by atoms with E-state index in [-0.39, 0.29) is 23.2 Å². The molecule has 0 fully saturated rings. The van der Waals surface area contributed by atoms with Crippen molar-refractivity contribution in [3.63, 3.8) is 0 Å². The number of nitrogens with one attached hydrogen (secondary N) is 2. The normalized spacial score (nSPS) is 11.2. The van der Waals surface area contributed by atoms with Crippen molar-refractivity contribution in [2.75, 3.05) is 16.4 Å². The number of hydrogen-bond donors (Lipinski definition) is 3. The number of pyridine rings is 1. The Hall–Kier alpha value is -5.52. The summed E-state index contributed by atoms with van der Waals surface area (Å²) in [4.78, 5) is 24.7. The minimum Gasteiger partial charge on any atom is -0.424 e. The van der Waals surface area contributed by atoms with Crippen LogP contribution in [0.5, 0.6) is 11.8 Å². The molecular formula is C31H24F4N6O2. The van der Waals surface area contributed by atoms with Crippen LogP contribution in [0.2, 0.25) is 0 Å². The Balaban J connectivity index is 1.27. The summed E-state index contributed by atoms with van der Waals surface area (Å²) < 4.78 is 59.5. The molecule has 5 aromatic rings. The first-order valence-electron chi connectivity index (χ1n) is 13.0. The summed E-state index contributed by atoms with van der Waals surface area (Å²) in [5.41, 5.74) is 8.26. The molecule has 0 atom stereocenters. The third-order valence-electron chi connectivity index (χ3n) is 6.39. The highest BCUT2D eigenvalue weighted by atomic mass is 19.4. The van der Waals surface area contributed by atoms with Crippen LogP contribution in [-0.2, 0) is 12.6 Å². The monoisotopic (exact) mass is 588 g/mol. The van der Waals surface area contributed by atoms with Crippen molar-refractivity contribution < 1.29 is 27.1 Å². The van der Waals surface area contributed by atoms with Gasteiger partial charge in [0.25, 0.3) is 0 Å². The topological polar surface area (TPSA) is 115 Å². The second-order valence-electron chi connectivity index (χ2n) is 9.36. The highest BCUT2D eigenvalue weighted by Crippen LogP contribution is 2.36. The van der Waals surface area contributed by atoms with E-state index in [1.165, 1.54) is 24.5 Å². The number of aryl methyl sites for hydroxylation is 1. The molecule has 5 rings (SSSR count). The van der Waals surface area contributed by atoms with Crippen molar-refractivity contribution >= 4 is 23.2 Å². The predicted octanol–water partition coefficient (Wildman–Crippen LogP) is 7.94. The molecule has 2 amide bonds. The maximum atomic E-state index is 13.6. The van der Waals surface area contributed by atoms with Crippen molar-refractivity contribution in [1.29, 1.82) is 0 Å². The van der Waals surface area contributed by atoms with E-state index in [0.717, 1.165) is 30.3 Å². The van der Waals surface area contributed by atoms with Gasteiger partial charge in [0.05, 0.1) is 35.5 Å². The molecule has 3 aromatic carbocycles. The number of carbonyl (C=O) groups is 1. The van der Waals surface area contributed by atoms with Gasteiger partial charge in [-0.15, -0.1) is 0 Å². The van der Waals surface area contributed by atoms with E-state index in [1.807, 2.05) is 25.1 Å². The Labute approximate surface area is 243 Å². The van der Waals surface area contributed by atoms with Crippen molar-refractivity contribution in [3.05, 3.63) is 108 Å². The Kier molecular flexibility index (Phi) is 8.19. The zero-order valence-electron chi connectivity index (χ0n) is 22.6. The molecule has 0 unspecified atom stereocenters. The SMILES string of the molecule is CCc1cccc(-c2ccc(C(F)(F)F)cc2NC(=O)Nc2cnc(Oc3ccc(-c4cc(F)cnc4N)cc3)nc2)c1. The van der Waals surface area contributed by atoms with Crippen molar-refractivity contribution in [2.24, 2.45) is 0 Å². The van der Waals surface area contributed by atoms with Gasteiger partial charge in [-0.05, 0) is 53.4 Å². The lowest BCUT2D eigenvalue weighted by molar-refractivity contribution is -0.137. The zero-order chi connectivity index (χ0) is 30.6. The largest absolute Gasteiger partial charge is 0.424 e. The fourth-order valence-corrected chi connectivity index (χ4v) is 4.24. The summed E-state index contributed by atoms with van der Waals surface area (Å²) in [6.45, 7) is 1.97. The number of nitrogens with two attached hydrogens (primary N) is 1. The van der Waals surface area contributed by atoms with E-state index >= 15 is 0 Å². The molecule has 2 aromatic heterocycles. The van der Waals surface area contributed by atoms with E-state index in [9.17, 15) is 22.4 Å². The van der Waals surface area contributed by atoms with Gasteiger partial charge >= 0.3 is 18.2 Å². The maximum Gasteiger partial charge on any atom is 0.416 e. The molecule has 2 heterocycles. The van der Waals surface area contributed by atoms with E-state index < -0.39 is 23.6 Å². The van der Waals surface area contributed by atoms with Crippen LogP contribution in [-0.4, -0.2) is 21.0 Å². The number of urea groups is 1. The Morgan fingerprint density at radius 2 is 1.60 bits per heavy atom. The van der Waals surface area contributed by atoms with E-state index in [2.05, 4.69) is 25.6 Å². The van der Waals surface area contributed by atoms with Crippen LogP contribution in [0.4, 0.5) is 39.5 Å². The molecule has 0 aliphatic heterocycles. The lowest BCUT2D eigenvalue weighted by atomic mass is 9.98. The summed E-state index contributed by atoms with van der Waals surface area (Å²) in [6.07, 6.45) is -0.250. The van der Waals surface area contributed by atoms with Gasteiger partial charge in [0.2, 0.25) is 0 Å². The van der Waals surface area contributed by atoms with Crippen LogP contribution < -0.4 is 21.1 Å². The second-order valence-corrected chi connectivity index (χ2v) is 9.36. The van der Waals surface area contributed by atoms with Crippen LogP contribution >= 0.6 is 0 Å². The molecule has 43 heavy (non-hydrogen) atoms. The van der Waals surface area contributed by atoms with Gasteiger partial charge in [-0.2, -0.15) is 13.2 Å². The number of hydrogen-bond acceptors (Lipinski definition) is 6. The minimum absolute atomic E-state index is 0.0133. The zero-order valence-corrected chi connectivity index (χ0v) is 22.6. The maximum absolute atomic E-state index is 13.6. The molecule has 0 radical (unpaired) electrons. The quantitative estimate of drug-likeness (QED) is 0.166. The number of aromatic nitrogens is 3. The first-order valence-corrected chi connectivity index (χ1v) is 13.0. The van der Waals surface area contributed by atoms with Crippen LogP contribution in [0.15, 0.2) is 91.4 Å². The van der Waals surface area contributed by atoms with Crippen LogP contribution in [0.1, 0.15) is 18.1 Å². The van der Waals surface area contributed by atoms with Crippen LogP contribution in [0.25, 0.3) is 22.3 Å². The predicted molar refractivity (Wildman–Crippen MR) is 155 cm³/mol. The fourth-order valence-electron chi connectivity index (χ4n) is 4.24. The lowest BCUT2D eigenvalue weighted by Crippen LogP contribution is -2.20. The standard InChI is InChI=1S/C31H24F4N6O2/c1-2-18-4-3-5-20(12-18)25-11-8-21(31(33,34)35)13-27(25)41-29(42)40-23-16-38-30(39-17-23)43-24-9-6-19(7-10-24)26-14-22(32)15-37-28(26)36/h3-17H,2H2,1H3,(H2,36,37)(H2,40,41,42). The average molecular weight is 589 g/mol. The molecule has 0 bridgehead atoms. The number of rotatable bonds is 7. The smallest absolute Gasteiger partial charge is 0.416 e. The second kappa shape index (κ2) is 12.1. The highest BCUT2D eigenvalue weighted by molar-refractivity contribution is 6.02. The number of benzene rings is 3. The van der Waals surface area contributed by atoms with E-state index in [4.69, 9.17) is 10.5 Å². The number of ether oxygens (including phenoxy) is 1. The average Bonchev–Trinajstić information content (AvgIpc) is 2.99. The van der Waals surface area contributed by atoms with Gasteiger partial charge in [0.15, 0.2) is 0 Å². The number of halogens is 4. The molecule has 0 aliphatic carbocycles. The summed E-state index contributed by atoms with van der Waals surface area (Å²) in [5.74, 6) is 0.0483. The molecule has 0 saturated carbocycles. The van der Waals surface area contributed by atoms with Gasteiger partial charge in [-0.1, -0.05) is 49.4 Å². The molecule has 0 aliphatic rings. The summed E-state index contributed by atoms with van der Waals surface area (Å²) in [6, 6.07) is 17.6. The fraction of sp³-hybridized carbons (Fsp3) is 0.0968. The molecule has 0 saturated heterocycles. The first-order chi connectivity index (χ1) is 20.6. The van der Waals surface area contributed by atoms with Crippen LogP contribution in [0, 0.1) is 5.82 Å². The summed E-state index contributed by atoms with van der Waals surface area (Å²) in [7, 11) is 0. The van der Waals surface area contributed by atoms with Crippen molar-refractivity contribution in [3.8, 4) is 34.0 Å². The van der Waals surface area contributed by atoms with Crippen molar-refractivity contribution in [2.45, 2.75) is 19.5 Å². The van der Waals surface area contributed by atoms with E-state index in [0.29, 0.717) is 28.0 Å². The Bertz CT molecular complexity index is 1760. The first kappa shape index (κ1) is 29.0. The van der Waals surface area contributed by atoms with Gasteiger partial charge in [0.1, 0.15) is 17.4 Å². The number of nitrogens with zero attached hydrogens (tertiary/aromatic N) is 3. The summed E-state index contributed by atoms with van der Waals surface area (Å²) >= 11 is 0. The van der Waals surface area contributed by atoms with Gasteiger partial charge in [-0.25, -0.2) is 24.1 Å². The number of alkyl halides is 3. The molecule has 0 spiro atoms. The molecular weight excluding hydrogens is 564 g/mol.